The number of nitrogens with zero attached hydrogens (tertiary/aromatic N) is 7. The Balaban J connectivity index is 0.000000218. The van der Waals surface area contributed by atoms with E-state index in [4.69, 9.17) is 26.8 Å². The molecule has 31 heteroatoms. The number of rotatable bonds is 17. The lowest BCUT2D eigenvalue weighted by Gasteiger charge is -2.46. The van der Waals surface area contributed by atoms with Crippen LogP contribution in [0.5, 0.6) is 23.0 Å². The Morgan fingerprint density at radius 2 is 0.972 bits per heavy atom. The summed E-state index contributed by atoms with van der Waals surface area (Å²) in [6.45, 7) is 11.3. The van der Waals surface area contributed by atoms with Crippen LogP contribution < -0.4 is 66.4 Å². The number of imide groups is 2. The summed E-state index contributed by atoms with van der Waals surface area (Å²) in [5.41, 5.74) is 9.08. The highest BCUT2D eigenvalue weighted by Crippen LogP contribution is 2.41. The molecule has 107 heavy (non-hydrogen) atoms. The molecule has 12 rings (SSSR count). The number of aldehydes is 1. The van der Waals surface area contributed by atoms with Crippen LogP contribution in [0.4, 0.5) is 49.1 Å². The molecule has 2 aromatic heterocycles. The molecule has 575 valence electrons. The van der Waals surface area contributed by atoms with Crippen molar-refractivity contribution in [2.24, 2.45) is 14.1 Å². The third-order valence-corrected chi connectivity index (χ3v) is 20.5. The van der Waals surface area contributed by atoms with Crippen LogP contribution in [0.25, 0.3) is 22.3 Å². The number of aryl methyl sites for hydroxylation is 2. The van der Waals surface area contributed by atoms with E-state index >= 15 is 13.2 Å². The Labute approximate surface area is 624 Å². The van der Waals surface area contributed by atoms with Gasteiger partial charge in [0, 0.05) is 149 Å². The van der Waals surface area contributed by atoms with Crippen LogP contribution in [-0.4, -0.2) is 215 Å². The maximum absolute atomic E-state index is 15.9. The summed E-state index contributed by atoms with van der Waals surface area (Å²) in [6, 6.07) is 13.6. The van der Waals surface area contributed by atoms with Gasteiger partial charge in [-0.15, -0.1) is 0 Å². The van der Waals surface area contributed by atoms with Gasteiger partial charge in [-0.1, -0.05) is 13.4 Å². The second kappa shape index (κ2) is 36.6. The molecule has 6 aromatic rings. The van der Waals surface area contributed by atoms with Crippen molar-refractivity contribution in [2.45, 2.75) is 122 Å². The summed E-state index contributed by atoms with van der Waals surface area (Å²) < 4.78 is 115. The fourth-order valence-corrected chi connectivity index (χ4v) is 14.4. The van der Waals surface area contributed by atoms with Crippen LogP contribution in [-0.2, 0) is 39.8 Å². The van der Waals surface area contributed by atoms with Gasteiger partial charge in [-0.3, -0.25) is 58.9 Å². The van der Waals surface area contributed by atoms with Gasteiger partial charge in [0.2, 0.25) is 23.6 Å². The molecule has 4 atom stereocenters. The van der Waals surface area contributed by atoms with E-state index in [0.717, 1.165) is 33.4 Å². The molecule has 6 aliphatic rings. The van der Waals surface area contributed by atoms with Gasteiger partial charge < -0.3 is 53.8 Å². The quantitative estimate of drug-likeness (QED) is 0.0251. The molecule has 6 aliphatic heterocycles. The van der Waals surface area contributed by atoms with E-state index < -0.39 is 66.0 Å². The van der Waals surface area contributed by atoms with Crippen molar-refractivity contribution in [3.8, 4) is 45.3 Å². The molecule has 6 fully saturated rings. The summed E-state index contributed by atoms with van der Waals surface area (Å²) in [5.74, 6) is -5.66. The van der Waals surface area contributed by atoms with E-state index in [-0.39, 0.29) is 62.7 Å². The Morgan fingerprint density at radius 3 is 1.34 bits per heavy atom. The molecule has 8 heterocycles. The average Bonchev–Trinajstić information content (AvgIpc) is 0.782. The lowest BCUT2D eigenvalue weighted by atomic mass is 9.95. The number of benzene rings is 4. The van der Waals surface area contributed by atoms with Gasteiger partial charge in [0.15, 0.2) is 6.29 Å². The van der Waals surface area contributed by atoms with Crippen molar-refractivity contribution < 1.29 is 69.3 Å². The monoisotopic (exact) mass is 1510 g/mol. The van der Waals surface area contributed by atoms with Gasteiger partial charge in [-0.25, -0.2) is 26.3 Å². The number of hydrogen-bond donors (Lipinski definition) is 5. The smallest absolute Gasteiger partial charge is 0.275 e. The fraction of sp³-hybridized carbons (Fsp3) is 0.487. The molecule has 4 unspecified atom stereocenters. The number of carbonyl (C=O) groups is 5. The topological polar surface area (TPSA) is 243 Å². The maximum Gasteiger partial charge on any atom is 0.275 e. The Hall–Kier alpha value is -9.17. The van der Waals surface area contributed by atoms with Gasteiger partial charge in [0.05, 0.1) is 84.0 Å². The first-order chi connectivity index (χ1) is 50.5. The second-order valence-electron chi connectivity index (χ2n) is 27.1. The van der Waals surface area contributed by atoms with Crippen LogP contribution in [0.1, 0.15) is 84.1 Å². The lowest BCUT2D eigenvalue weighted by Crippen LogP contribution is -2.61. The first-order valence-electron chi connectivity index (χ1n) is 35.1. The molecule has 5 N–H and O–H groups in total. The van der Waals surface area contributed by atoms with Gasteiger partial charge in [-0.2, -0.15) is 0 Å². The minimum atomic E-state index is -2.99. The van der Waals surface area contributed by atoms with Crippen molar-refractivity contribution in [1.82, 2.24) is 39.8 Å². The molecular formula is C76H96BF6N12O11Si. The van der Waals surface area contributed by atoms with Crippen LogP contribution >= 0.6 is 0 Å². The standard InChI is InChI=1S/C37H45F3N6O5.C20H26F3N5O2.C17H19NO4.CH2BSi.CH4/c1-22-23(2)36(49)43(3)19-26(22)24-16-31(50-4)27(32(17-24)51-5)20-44-11-10-33(37(39,40)21-44)46-14-12-45(13-15-46)30-8-6-25(18-28(30)38)41-29-7-9-34(47)42-35(29)48;21-14-11-13(25-15-2-4-18(29)26-19(15)30)1-3-16(14)27-7-9-28(10-8-27)17-5-6-24-12-20(17,22)23;1-10-11(2)17(20)18(3)8-13(10)12-6-15(21-4)14(9-19)16(7-12)22-5;2-1-3;/h6,8,16-19,29,33,41H,7,9-15,20-21H2,1-5H3,(H,42,47,48);1,3,11,15,17,24-25H,2,4-10,12H2,(H,26,29,30);6-9H,1-5H3;1H2;1H4. The number of pyridine rings is 2. The Kier molecular flexibility index (Phi) is 28.6. The normalized spacial score (nSPS) is 20.2. The minimum absolute atomic E-state index is 0. The molecule has 23 nitrogen and oxygen atoms in total. The predicted octanol–water partition coefficient (Wildman–Crippen LogP) is 8.07. The van der Waals surface area contributed by atoms with E-state index in [9.17, 15) is 46.7 Å². The van der Waals surface area contributed by atoms with Crippen LogP contribution in [0.2, 0.25) is 5.94 Å². The summed E-state index contributed by atoms with van der Waals surface area (Å²) in [5, 5.41) is 13.2. The number of amides is 4. The van der Waals surface area contributed by atoms with Crippen molar-refractivity contribution in [3.63, 3.8) is 0 Å². The van der Waals surface area contributed by atoms with Crippen molar-refractivity contribution in [1.29, 1.82) is 0 Å². The molecule has 5 radical (unpaired) electrons. The van der Waals surface area contributed by atoms with E-state index in [2.05, 4.69) is 36.8 Å². The first kappa shape index (κ1) is 83.5. The zero-order valence-corrected chi connectivity index (χ0v) is 62.4. The number of anilines is 4. The molecule has 0 aliphatic carbocycles. The summed E-state index contributed by atoms with van der Waals surface area (Å²) >= 11 is 0. The number of ether oxygens (including phenoxy) is 4. The largest absolute Gasteiger partial charge is 0.496 e. The number of hydrogen-bond acceptors (Lipinski definition) is 19. The van der Waals surface area contributed by atoms with Crippen molar-refractivity contribution in [3.05, 3.63) is 139 Å². The second-order valence-corrected chi connectivity index (χ2v) is 27.5. The predicted molar refractivity (Wildman–Crippen MR) is 403 cm³/mol. The number of carbonyl (C=O) groups excluding carboxylic acids is 5. The van der Waals surface area contributed by atoms with E-state index in [1.165, 1.54) is 30.9 Å². The van der Waals surface area contributed by atoms with Gasteiger partial charge in [0.1, 0.15) is 46.7 Å². The minimum Gasteiger partial charge on any atom is -0.496 e. The van der Waals surface area contributed by atoms with Gasteiger partial charge in [-0.05, 0) is 143 Å². The van der Waals surface area contributed by atoms with Crippen LogP contribution in [0.3, 0.4) is 0 Å². The highest BCUT2D eigenvalue weighted by Gasteiger charge is 2.49. The number of aromatic nitrogens is 2. The van der Waals surface area contributed by atoms with Gasteiger partial charge in [0.25, 0.3) is 23.0 Å². The molecular weight excluding hydrogens is 1410 g/mol. The molecule has 0 spiro atoms. The number of alkyl halides is 4. The average molecular weight is 1510 g/mol. The highest BCUT2D eigenvalue weighted by molar-refractivity contribution is 6.31. The van der Waals surface area contributed by atoms with E-state index in [1.807, 2.05) is 45.6 Å². The molecule has 4 aromatic carbocycles. The van der Waals surface area contributed by atoms with E-state index in [1.54, 1.807) is 100 Å². The van der Waals surface area contributed by atoms with Crippen LogP contribution in [0, 0.1) is 39.3 Å². The summed E-state index contributed by atoms with van der Waals surface area (Å²) in [4.78, 5) is 91.3. The van der Waals surface area contributed by atoms with E-state index in [0.29, 0.717) is 165 Å². The molecule has 0 saturated carbocycles. The molecule has 0 bridgehead atoms. The number of piperidine rings is 4. The Morgan fingerprint density at radius 1 is 0.570 bits per heavy atom. The number of methoxy groups -OCH3 is 4. The third kappa shape index (κ3) is 19.6. The zero-order chi connectivity index (χ0) is 77.1. The van der Waals surface area contributed by atoms with Gasteiger partial charge >= 0.3 is 0 Å². The zero-order valence-electron chi connectivity index (χ0n) is 61.4. The summed E-state index contributed by atoms with van der Waals surface area (Å²) in [6.07, 6.45) is 6.07. The highest BCUT2D eigenvalue weighted by atomic mass is 28.1. The number of likely N-dealkylation sites (tertiary alicyclic amines) is 1. The lowest BCUT2D eigenvalue weighted by molar-refractivity contribution is -0.135. The molecule has 4 amide bonds. The SMILES string of the molecule is C.COc1cc(-c2cn(C)c(=O)c(C)c2C)cc(OC)c1C=O.COc1cc(-c2cn(C)c(=O)c(C)c2C)cc(OC)c1CN1CCC(N2CCN(c3ccc(NC4CCC(=O)NC4=O)cc3F)CC2)C(F)(F)C1.O=C1CCC(Nc2ccc(N3CCN(C4CCNCC4(F)F)CC3)c(F)c2)C(=O)N1.[B]C[Si]. The fourth-order valence-electron chi connectivity index (χ4n) is 14.4. The molecule has 6 saturated heterocycles. The van der Waals surface area contributed by atoms with Crippen LogP contribution in [0.15, 0.2) is 82.6 Å². The summed E-state index contributed by atoms with van der Waals surface area (Å²) in [7, 11) is 17.2. The number of piperazine rings is 2. The van der Waals surface area contributed by atoms with Crippen molar-refractivity contribution >= 4 is 70.8 Å². The Bertz CT molecular complexity index is 4280. The number of nitrogens with one attached hydrogen (secondary N) is 5. The maximum atomic E-state index is 15.9. The first-order valence-corrected chi connectivity index (χ1v) is 35.8. The number of halogens is 6. The third-order valence-electron chi connectivity index (χ3n) is 20.5. The van der Waals surface area contributed by atoms with Crippen molar-refractivity contribution in [2.75, 3.05) is 127 Å².